The van der Waals surface area contributed by atoms with Gasteiger partial charge in [0.15, 0.2) is 0 Å². The fraction of sp³-hybridized carbons (Fsp3) is 0.250. The molecule has 0 bridgehead atoms. The minimum absolute atomic E-state index is 0.0611. The highest BCUT2D eigenvalue weighted by Gasteiger charge is 2.14. The topological polar surface area (TPSA) is 110 Å². The molecule has 2 radical (unpaired) electrons. The highest BCUT2D eigenvalue weighted by molar-refractivity contribution is 5.86. The number of carboxylic acid groups (broad SMARTS) is 2. The van der Waals surface area contributed by atoms with E-state index in [1.807, 2.05) is 0 Å². The second kappa shape index (κ2) is 8.19. The third kappa shape index (κ3) is 4.72. The molecule has 7 heteroatoms. The van der Waals surface area contributed by atoms with Crippen LogP contribution in [0.5, 0.6) is 0 Å². The highest BCUT2D eigenvalue weighted by atomic mass is 16.5. The van der Waals surface area contributed by atoms with Crippen LogP contribution in [0.3, 0.4) is 0 Å². The maximum absolute atomic E-state index is 10.9. The van der Waals surface area contributed by atoms with Gasteiger partial charge >= 0.3 is 11.9 Å². The molecule has 23 heavy (non-hydrogen) atoms. The van der Waals surface area contributed by atoms with E-state index in [9.17, 15) is 9.59 Å². The summed E-state index contributed by atoms with van der Waals surface area (Å²) in [7, 11) is 0. The van der Waals surface area contributed by atoms with Crippen LogP contribution in [-0.4, -0.2) is 35.4 Å². The van der Waals surface area contributed by atoms with Crippen LogP contribution < -0.4 is 0 Å². The van der Waals surface area contributed by atoms with Crippen molar-refractivity contribution in [1.82, 2.24) is 0 Å². The molecule has 2 aromatic heterocycles. The molecule has 0 aromatic carbocycles. The van der Waals surface area contributed by atoms with Gasteiger partial charge in [-0.1, -0.05) is 0 Å². The first-order valence-electron chi connectivity index (χ1n) is 6.90. The average Bonchev–Trinajstić information content (AvgIpc) is 3.14. The molecule has 0 unspecified atom stereocenters. The molecule has 7 nitrogen and oxygen atoms in total. The van der Waals surface area contributed by atoms with Gasteiger partial charge in [-0.25, -0.2) is 9.59 Å². The molecule has 0 aliphatic heterocycles. The lowest BCUT2D eigenvalue weighted by atomic mass is 10.1. The quantitative estimate of drug-likeness (QED) is 0.647. The van der Waals surface area contributed by atoms with Crippen molar-refractivity contribution < 1.29 is 33.4 Å². The van der Waals surface area contributed by atoms with Gasteiger partial charge in [0.1, 0.15) is 0 Å². The van der Waals surface area contributed by atoms with E-state index < -0.39 is 11.9 Å². The first-order chi connectivity index (χ1) is 11.1. The fourth-order valence-electron chi connectivity index (χ4n) is 2.03. The van der Waals surface area contributed by atoms with Crippen molar-refractivity contribution in [3.05, 3.63) is 60.1 Å². The van der Waals surface area contributed by atoms with Gasteiger partial charge in [-0.15, -0.1) is 0 Å². The van der Waals surface area contributed by atoms with Gasteiger partial charge in [-0.3, -0.25) is 0 Å². The molecule has 0 atom stereocenters. The van der Waals surface area contributed by atoms with Gasteiger partial charge < -0.3 is 23.8 Å². The third-order valence-electron chi connectivity index (χ3n) is 3.08. The number of hydrogen-bond acceptors (Lipinski definition) is 5. The number of carbonyl (C=O) groups is 2. The maximum Gasteiger partial charge on any atom is 0.372 e. The van der Waals surface area contributed by atoms with E-state index in [1.54, 1.807) is 25.0 Å². The van der Waals surface area contributed by atoms with Crippen LogP contribution in [0.1, 0.15) is 32.2 Å². The predicted molar refractivity (Wildman–Crippen MR) is 78.2 cm³/mol. The zero-order valence-electron chi connectivity index (χ0n) is 12.2. The lowest BCUT2D eigenvalue weighted by molar-refractivity contribution is 0.0651. The van der Waals surface area contributed by atoms with Gasteiger partial charge in [0, 0.05) is 11.1 Å². The smallest absolute Gasteiger partial charge is 0.372 e. The molecule has 0 saturated carbocycles. The Morgan fingerprint density at radius 1 is 0.913 bits per heavy atom. The molecule has 2 rings (SSSR count). The van der Waals surface area contributed by atoms with Gasteiger partial charge in [-0.2, -0.15) is 0 Å². The van der Waals surface area contributed by atoms with E-state index in [-0.39, 0.29) is 11.5 Å². The highest BCUT2D eigenvalue weighted by Crippen LogP contribution is 2.13. The summed E-state index contributed by atoms with van der Waals surface area (Å²) in [4.78, 5) is 21.7. The number of carboxylic acids is 2. The number of ether oxygens (including phenoxy) is 1. The molecule has 2 N–H and O–H groups in total. The number of hydrogen-bond donors (Lipinski definition) is 2. The van der Waals surface area contributed by atoms with E-state index in [0.717, 1.165) is 0 Å². The summed E-state index contributed by atoms with van der Waals surface area (Å²) in [6.45, 7) is 0.690. The minimum Gasteiger partial charge on any atom is -0.475 e. The van der Waals surface area contributed by atoms with E-state index in [1.165, 1.54) is 12.5 Å². The summed E-state index contributed by atoms with van der Waals surface area (Å²) in [5.74, 6) is -2.31. The molecule has 0 aliphatic rings. The van der Waals surface area contributed by atoms with Crippen LogP contribution in [0.2, 0.25) is 0 Å². The summed E-state index contributed by atoms with van der Waals surface area (Å²) in [5.41, 5.74) is 1.18. The molecule has 122 valence electrons. The van der Waals surface area contributed by atoms with Crippen LogP contribution in [0, 0.1) is 12.8 Å². The van der Waals surface area contributed by atoms with E-state index >= 15 is 0 Å². The summed E-state index contributed by atoms with van der Waals surface area (Å²) < 4.78 is 15.1. The lowest BCUT2D eigenvalue weighted by Gasteiger charge is -2.03. The van der Waals surface area contributed by atoms with Crippen LogP contribution >= 0.6 is 0 Å². The average molecular weight is 320 g/mol. The van der Waals surface area contributed by atoms with Gasteiger partial charge in [0.25, 0.3) is 0 Å². The summed E-state index contributed by atoms with van der Waals surface area (Å²) in [6, 6.07) is 3.22. The normalized spacial score (nSPS) is 10.8. The molecule has 0 aliphatic carbocycles. The van der Waals surface area contributed by atoms with Crippen molar-refractivity contribution >= 4 is 11.9 Å². The second-order valence-corrected chi connectivity index (χ2v) is 4.68. The molecule has 2 aromatic rings. The van der Waals surface area contributed by atoms with Crippen molar-refractivity contribution in [2.75, 3.05) is 13.2 Å². The molecule has 0 fully saturated rings. The van der Waals surface area contributed by atoms with Crippen molar-refractivity contribution in [3.63, 3.8) is 0 Å². The molecule has 2 heterocycles. The van der Waals surface area contributed by atoms with Gasteiger partial charge in [0.05, 0.1) is 25.7 Å². The zero-order chi connectivity index (χ0) is 16.7. The number of aromatic carboxylic acids is 2. The van der Waals surface area contributed by atoms with Crippen molar-refractivity contribution in [2.24, 2.45) is 0 Å². The van der Waals surface area contributed by atoms with Crippen LogP contribution in [0.25, 0.3) is 0 Å². The van der Waals surface area contributed by atoms with Crippen LogP contribution in [0.15, 0.2) is 33.5 Å². The number of furan rings is 2. The molecule has 0 spiro atoms. The summed E-state index contributed by atoms with van der Waals surface area (Å²) in [5, 5.41) is 17.8. The molecular formula is C16H16O7. The van der Waals surface area contributed by atoms with Crippen molar-refractivity contribution in [2.45, 2.75) is 12.8 Å². The summed E-state index contributed by atoms with van der Waals surface area (Å²) >= 11 is 0. The van der Waals surface area contributed by atoms with Gasteiger partial charge in [0.2, 0.25) is 11.5 Å². The monoisotopic (exact) mass is 320 g/mol. The van der Waals surface area contributed by atoms with Crippen molar-refractivity contribution in [3.8, 4) is 0 Å². The Bertz CT molecular complexity index is 597. The fourth-order valence-corrected chi connectivity index (χ4v) is 2.03. The first kappa shape index (κ1) is 16.8. The zero-order valence-corrected chi connectivity index (χ0v) is 12.2. The minimum atomic E-state index is -1.10. The second-order valence-electron chi connectivity index (χ2n) is 4.68. The summed E-state index contributed by atoms with van der Waals surface area (Å²) in [6.07, 6.45) is 7.14. The Morgan fingerprint density at radius 2 is 1.35 bits per heavy atom. The first-order valence-corrected chi connectivity index (χ1v) is 6.90. The Kier molecular flexibility index (Phi) is 5.99. The third-order valence-corrected chi connectivity index (χ3v) is 3.08. The van der Waals surface area contributed by atoms with Crippen LogP contribution in [0.4, 0.5) is 0 Å². The Hall–Kier alpha value is -2.54. The van der Waals surface area contributed by atoms with Gasteiger partial charge in [-0.05, 0) is 37.8 Å². The van der Waals surface area contributed by atoms with E-state index in [0.29, 0.717) is 37.2 Å². The Morgan fingerprint density at radius 3 is 1.74 bits per heavy atom. The molecule has 0 amide bonds. The lowest BCUT2D eigenvalue weighted by Crippen LogP contribution is -2.05. The molecule has 0 saturated heterocycles. The predicted octanol–water partition coefficient (Wildman–Crippen LogP) is 2.48. The van der Waals surface area contributed by atoms with E-state index in [4.69, 9.17) is 23.8 Å². The largest absolute Gasteiger partial charge is 0.475 e. The van der Waals surface area contributed by atoms with E-state index in [2.05, 4.69) is 0 Å². The maximum atomic E-state index is 10.9. The Balaban J connectivity index is 1.61. The molecular weight excluding hydrogens is 304 g/mol. The standard InChI is InChI=1S/C16H16O7/c17-15(18)13-11(5-9-22-13)3-1-7-21-8-2-4-12-6-10-23-14(12)16(19)20/h1-2,5-6,9-10H,3-4,7-8H2,(H,17,18)(H,19,20). The Labute approximate surface area is 132 Å². The van der Waals surface area contributed by atoms with Crippen molar-refractivity contribution in [1.29, 1.82) is 0 Å². The van der Waals surface area contributed by atoms with Crippen LogP contribution in [-0.2, 0) is 17.6 Å². The number of rotatable bonds is 10. The SMILES string of the molecule is O=C(O)c1occc1C[CH]COC[CH]Cc1ccoc1C(=O)O.